The molecule has 0 aliphatic carbocycles. The molecule has 0 fully saturated rings. The summed E-state index contributed by atoms with van der Waals surface area (Å²) in [7, 11) is 4.13. The average Bonchev–Trinajstić information content (AvgIpc) is 2.50. The van der Waals surface area contributed by atoms with Gasteiger partial charge in [-0.1, -0.05) is 11.6 Å². The van der Waals surface area contributed by atoms with Crippen LogP contribution in [0.5, 0.6) is 0 Å². The molecule has 4 nitrogen and oxygen atoms in total. The number of rotatable bonds is 6. The third kappa shape index (κ3) is 3.47. The van der Waals surface area contributed by atoms with Gasteiger partial charge in [0.25, 0.3) is 0 Å². The molecule has 0 aliphatic rings. The van der Waals surface area contributed by atoms with Crippen LogP contribution in [-0.4, -0.2) is 41.9 Å². The third-order valence-electron chi connectivity index (χ3n) is 2.48. The summed E-state index contributed by atoms with van der Waals surface area (Å²) in [6.45, 7) is 7.64. The minimum absolute atomic E-state index is 0.779. The van der Waals surface area contributed by atoms with Crippen molar-refractivity contribution in [3.63, 3.8) is 0 Å². The van der Waals surface area contributed by atoms with Crippen molar-refractivity contribution in [2.45, 2.75) is 26.9 Å². The van der Waals surface area contributed by atoms with Crippen LogP contribution >= 0.6 is 11.6 Å². The second-order valence-electron chi connectivity index (χ2n) is 4.14. The van der Waals surface area contributed by atoms with Crippen LogP contribution in [0.1, 0.15) is 18.3 Å². The van der Waals surface area contributed by atoms with Crippen LogP contribution in [0.25, 0.3) is 0 Å². The van der Waals surface area contributed by atoms with Gasteiger partial charge in [0.1, 0.15) is 0 Å². The van der Waals surface area contributed by atoms with Gasteiger partial charge in [-0.05, 0) is 27.9 Å². The molecule has 0 aromatic carbocycles. The van der Waals surface area contributed by atoms with E-state index in [0.717, 1.165) is 42.6 Å². The lowest BCUT2D eigenvalue weighted by Gasteiger charge is -2.11. The van der Waals surface area contributed by atoms with Gasteiger partial charge < -0.3 is 10.2 Å². The summed E-state index contributed by atoms with van der Waals surface area (Å²) in [4.78, 5) is 2.15. The second-order valence-corrected chi connectivity index (χ2v) is 4.52. The van der Waals surface area contributed by atoms with E-state index in [1.807, 2.05) is 11.6 Å². The Hall–Kier alpha value is -0.580. The van der Waals surface area contributed by atoms with E-state index < -0.39 is 0 Å². The lowest BCUT2D eigenvalue weighted by molar-refractivity contribution is 0.398. The molecule has 0 radical (unpaired) electrons. The highest BCUT2D eigenvalue weighted by Gasteiger charge is 2.11. The van der Waals surface area contributed by atoms with Gasteiger partial charge in [0, 0.05) is 26.2 Å². The maximum Gasteiger partial charge on any atom is 0.0860 e. The predicted molar refractivity (Wildman–Crippen MR) is 67.9 cm³/mol. The molecular formula is C11H21ClN4. The molecule has 0 unspecified atom stereocenters. The molecule has 0 saturated heterocycles. The van der Waals surface area contributed by atoms with Crippen molar-refractivity contribution in [1.29, 1.82) is 0 Å². The Morgan fingerprint density at radius 2 is 2.12 bits per heavy atom. The van der Waals surface area contributed by atoms with Crippen molar-refractivity contribution in [1.82, 2.24) is 20.0 Å². The zero-order valence-corrected chi connectivity index (χ0v) is 11.3. The second kappa shape index (κ2) is 6.23. The molecule has 0 bridgehead atoms. The number of aromatic nitrogens is 2. The van der Waals surface area contributed by atoms with E-state index >= 15 is 0 Å². The van der Waals surface area contributed by atoms with Crippen molar-refractivity contribution in [3.05, 3.63) is 16.4 Å². The van der Waals surface area contributed by atoms with Gasteiger partial charge in [-0.2, -0.15) is 5.10 Å². The number of hydrogen-bond donors (Lipinski definition) is 1. The third-order valence-corrected chi connectivity index (χ3v) is 2.97. The van der Waals surface area contributed by atoms with Gasteiger partial charge in [0.15, 0.2) is 0 Å². The highest BCUT2D eigenvalue weighted by Crippen LogP contribution is 2.19. The lowest BCUT2D eigenvalue weighted by Crippen LogP contribution is -2.27. The van der Waals surface area contributed by atoms with E-state index in [4.69, 9.17) is 11.6 Å². The Bertz CT molecular complexity index is 333. The molecule has 92 valence electrons. The van der Waals surface area contributed by atoms with Crippen LogP contribution in [0.2, 0.25) is 5.02 Å². The Morgan fingerprint density at radius 1 is 1.44 bits per heavy atom. The smallest absolute Gasteiger partial charge is 0.0860 e. The summed E-state index contributed by atoms with van der Waals surface area (Å²) in [6.07, 6.45) is 0. The first-order valence-corrected chi connectivity index (χ1v) is 6.01. The van der Waals surface area contributed by atoms with Gasteiger partial charge in [-0.3, -0.25) is 4.68 Å². The average molecular weight is 245 g/mol. The van der Waals surface area contributed by atoms with Crippen LogP contribution in [0.3, 0.4) is 0 Å². The molecule has 1 N–H and O–H groups in total. The fourth-order valence-corrected chi connectivity index (χ4v) is 1.75. The summed E-state index contributed by atoms with van der Waals surface area (Å²) < 4.78 is 1.96. The normalized spacial score (nSPS) is 11.4. The lowest BCUT2D eigenvalue weighted by atomic mass is 10.3. The fourth-order valence-electron chi connectivity index (χ4n) is 1.55. The molecule has 5 heteroatoms. The number of halogens is 1. The summed E-state index contributed by atoms with van der Waals surface area (Å²) in [5, 5.41) is 8.54. The van der Waals surface area contributed by atoms with E-state index in [1.165, 1.54) is 0 Å². The molecule has 0 saturated carbocycles. The number of hydrogen-bond acceptors (Lipinski definition) is 3. The minimum atomic E-state index is 0.779. The zero-order valence-electron chi connectivity index (χ0n) is 10.5. The molecule has 0 spiro atoms. The van der Waals surface area contributed by atoms with Crippen molar-refractivity contribution < 1.29 is 0 Å². The van der Waals surface area contributed by atoms with Gasteiger partial charge in [-0.15, -0.1) is 0 Å². The summed E-state index contributed by atoms with van der Waals surface area (Å²) in [5.74, 6) is 0. The molecule has 0 amide bonds. The Labute approximate surface area is 103 Å². The molecular weight excluding hydrogens is 224 g/mol. The SMILES string of the molecule is CCn1nc(C)c(Cl)c1CNCCN(C)C. The molecule has 1 aromatic rings. The summed E-state index contributed by atoms with van der Waals surface area (Å²) in [6, 6.07) is 0. The van der Waals surface area contributed by atoms with E-state index in [-0.39, 0.29) is 0 Å². The van der Waals surface area contributed by atoms with Crippen LogP contribution in [0, 0.1) is 6.92 Å². The first-order valence-electron chi connectivity index (χ1n) is 5.63. The highest BCUT2D eigenvalue weighted by atomic mass is 35.5. The van der Waals surface area contributed by atoms with E-state index in [0.29, 0.717) is 0 Å². The van der Waals surface area contributed by atoms with E-state index in [1.54, 1.807) is 0 Å². The van der Waals surface area contributed by atoms with Gasteiger partial charge >= 0.3 is 0 Å². The highest BCUT2D eigenvalue weighted by molar-refractivity contribution is 6.31. The Morgan fingerprint density at radius 3 is 2.69 bits per heavy atom. The fraction of sp³-hybridized carbons (Fsp3) is 0.727. The van der Waals surface area contributed by atoms with Crippen LogP contribution in [0.4, 0.5) is 0 Å². The maximum absolute atomic E-state index is 6.20. The first kappa shape index (κ1) is 13.5. The van der Waals surface area contributed by atoms with Crippen molar-refractivity contribution in [2.24, 2.45) is 0 Å². The number of likely N-dealkylation sites (N-methyl/N-ethyl adjacent to an activating group) is 1. The topological polar surface area (TPSA) is 33.1 Å². The predicted octanol–water partition coefficient (Wildman–Crippen LogP) is 1.52. The quantitative estimate of drug-likeness (QED) is 0.771. The monoisotopic (exact) mass is 244 g/mol. The molecule has 1 rings (SSSR count). The number of aryl methyl sites for hydroxylation is 2. The first-order chi connectivity index (χ1) is 7.56. The van der Waals surface area contributed by atoms with E-state index in [2.05, 4.69) is 36.3 Å². The number of nitrogens with one attached hydrogen (secondary N) is 1. The van der Waals surface area contributed by atoms with Gasteiger partial charge in [0.05, 0.1) is 16.4 Å². The summed E-state index contributed by atoms with van der Waals surface area (Å²) in [5.41, 5.74) is 1.99. The molecule has 1 heterocycles. The molecule has 0 atom stereocenters. The summed E-state index contributed by atoms with van der Waals surface area (Å²) >= 11 is 6.20. The van der Waals surface area contributed by atoms with E-state index in [9.17, 15) is 0 Å². The van der Waals surface area contributed by atoms with Gasteiger partial charge in [-0.25, -0.2) is 0 Å². The largest absolute Gasteiger partial charge is 0.310 e. The van der Waals surface area contributed by atoms with Crippen LogP contribution < -0.4 is 5.32 Å². The van der Waals surface area contributed by atoms with Crippen molar-refractivity contribution >= 4 is 11.6 Å². The van der Waals surface area contributed by atoms with Crippen molar-refractivity contribution in [2.75, 3.05) is 27.2 Å². The molecule has 16 heavy (non-hydrogen) atoms. The molecule has 1 aromatic heterocycles. The van der Waals surface area contributed by atoms with Crippen LogP contribution in [0.15, 0.2) is 0 Å². The van der Waals surface area contributed by atoms with Crippen molar-refractivity contribution in [3.8, 4) is 0 Å². The Balaban J connectivity index is 2.52. The minimum Gasteiger partial charge on any atom is -0.310 e. The van der Waals surface area contributed by atoms with Crippen LogP contribution in [-0.2, 0) is 13.1 Å². The zero-order chi connectivity index (χ0) is 12.1. The number of nitrogens with zero attached hydrogens (tertiary/aromatic N) is 3. The maximum atomic E-state index is 6.20. The Kier molecular flexibility index (Phi) is 5.25. The van der Waals surface area contributed by atoms with Gasteiger partial charge in [0.2, 0.25) is 0 Å². The molecule has 0 aliphatic heterocycles. The standard InChI is InChI=1S/C11H21ClN4/c1-5-16-10(11(12)9(2)14-16)8-13-6-7-15(3)4/h13H,5-8H2,1-4H3.